The Balaban J connectivity index is 3.22. The van der Waals surface area contributed by atoms with Crippen molar-refractivity contribution in [1.82, 2.24) is 0 Å². The van der Waals surface area contributed by atoms with Crippen LogP contribution in [0.4, 0.5) is 4.39 Å². The fourth-order valence-corrected chi connectivity index (χ4v) is 0.0772. The molecule has 0 heterocycles. The van der Waals surface area contributed by atoms with Crippen molar-refractivity contribution < 1.29 is 4.39 Å². The highest BCUT2D eigenvalue weighted by molar-refractivity contribution is 6.29. The van der Waals surface area contributed by atoms with Crippen LogP contribution in [0, 0.1) is 0 Å². The molecule has 0 amide bonds. The van der Waals surface area contributed by atoms with Crippen LogP contribution < -0.4 is 0 Å². The monoisotopic (exact) mass is 108 g/mol. The molecule has 0 rings (SSSR count). The lowest BCUT2D eigenvalue weighted by Crippen LogP contribution is -1.57. The van der Waals surface area contributed by atoms with Crippen molar-refractivity contribution in [3.63, 3.8) is 0 Å². The SMILES string of the molecule is CC/C(Cl)=C/F. The van der Waals surface area contributed by atoms with E-state index in [9.17, 15) is 4.39 Å². The maximum absolute atomic E-state index is 11.1. The minimum Gasteiger partial charge on any atom is -0.214 e. The molecule has 2 heteroatoms. The van der Waals surface area contributed by atoms with Gasteiger partial charge in [-0.25, -0.2) is 4.39 Å². The summed E-state index contributed by atoms with van der Waals surface area (Å²) in [6, 6.07) is 0. The molecule has 0 aromatic carbocycles. The highest BCUT2D eigenvalue weighted by Crippen LogP contribution is 2.04. The zero-order chi connectivity index (χ0) is 4.99. The van der Waals surface area contributed by atoms with Gasteiger partial charge in [0, 0.05) is 5.03 Å². The molecule has 0 spiro atoms. The fourth-order valence-electron chi connectivity index (χ4n) is 0.0772. The van der Waals surface area contributed by atoms with E-state index in [-0.39, 0.29) is 5.03 Å². The summed E-state index contributed by atoms with van der Waals surface area (Å²) >= 11 is 5.14. The third-order valence-corrected chi connectivity index (χ3v) is 0.806. The third kappa shape index (κ3) is 2.21. The van der Waals surface area contributed by atoms with Gasteiger partial charge in [0.2, 0.25) is 0 Å². The highest BCUT2D eigenvalue weighted by Gasteiger charge is 1.79. The maximum atomic E-state index is 11.1. The van der Waals surface area contributed by atoms with Gasteiger partial charge >= 0.3 is 0 Å². The average Bonchev–Trinajstić information content (AvgIpc) is 1.65. The summed E-state index contributed by atoms with van der Waals surface area (Å²) in [6.07, 6.45) is 0.986. The molecule has 0 aliphatic carbocycles. The molecule has 0 fully saturated rings. The maximum Gasteiger partial charge on any atom is 0.101 e. The summed E-state index contributed by atoms with van der Waals surface area (Å²) in [5, 5.41) is 0.273. The summed E-state index contributed by atoms with van der Waals surface area (Å²) in [7, 11) is 0. The minimum absolute atomic E-state index is 0.273. The summed E-state index contributed by atoms with van der Waals surface area (Å²) in [5.74, 6) is 0. The standard InChI is InChI=1S/C4H6ClF/c1-2-4(5)3-6/h3H,2H2,1H3/b4-3-. The van der Waals surface area contributed by atoms with Crippen molar-refractivity contribution in [3.8, 4) is 0 Å². The first-order chi connectivity index (χ1) is 2.81. The van der Waals surface area contributed by atoms with Crippen molar-refractivity contribution in [2.75, 3.05) is 0 Å². The van der Waals surface area contributed by atoms with Crippen molar-refractivity contribution in [3.05, 3.63) is 11.4 Å². The first-order valence-corrected chi connectivity index (χ1v) is 2.13. The molecule has 0 nitrogen and oxygen atoms in total. The predicted molar refractivity (Wildman–Crippen MR) is 25.3 cm³/mol. The Morgan fingerprint density at radius 2 is 2.50 bits per heavy atom. The lowest BCUT2D eigenvalue weighted by Gasteiger charge is -1.78. The normalized spacial score (nSPS) is 12.2. The van der Waals surface area contributed by atoms with E-state index in [1.54, 1.807) is 6.92 Å². The van der Waals surface area contributed by atoms with Gasteiger partial charge in [-0.05, 0) is 6.42 Å². The molecule has 0 saturated carbocycles. The Morgan fingerprint density at radius 1 is 2.00 bits per heavy atom. The Hall–Kier alpha value is -0.0400. The lowest BCUT2D eigenvalue weighted by atomic mass is 10.5. The van der Waals surface area contributed by atoms with Crippen LogP contribution in [0.3, 0.4) is 0 Å². The van der Waals surface area contributed by atoms with Gasteiger partial charge in [0.15, 0.2) is 0 Å². The third-order valence-electron chi connectivity index (χ3n) is 0.456. The van der Waals surface area contributed by atoms with Crippen LogP contribution in [0.25, 0.3) is 0 Å². The molecule has 0 radical (unpaired) electrons. The predicted octanol–water partition coefficient (Wildman–Crippen LogP) is 2.45. The van der Waals surface area contributed by atoms with Crippen LogP contribution in [0.1, 0.15) is 13.3 Å². The second kappa shape index (κ2) is 3.16. The molecule has 0 aromatic rings. The minimum atomic E-state index is 0.273. The molecule has 0 unspecified atom stereocenters. The highest BCUT2D eigenvalue weighted by atomic mass is 35.5. The number of rotatable bonds is 1. The number of halogens is 2. The van der Waals surface area contributed by atoms with E-state index in [0.29, 0.717) is 12.8 Å². The van der Waals surface area contributed by atoms with Gasteiger partial charge in [-0.1, -0.05) is 18.5 Å². The van der Waals surface area contributed by atoms with Crippen molar-refractivity contribution in [2.24, 2.45) is 0 Å². The molecule has 0 atom stereocenters. The first-order valence-electron chi connectivity index (χ1n) is 1.76. The van der Waals surface area contributed by atoms with Crippen molar-refractivity contribution >= 4 is 11.6 Å². The van der Waals surface area contributed by atoms with E-state index >= 15 is 0 Å². The van der Waals surface area contributed by atoms with Crippen molar-refractivity contribution in [1.29, 1.82) is 0 Å². The van der Waals surface area contributed by atoms with Gasteiger partial charge in [-0.2, -0.15) is 0 Å². The smallest absolute Gasteiger partial charge is 0.101 e. The van der Waals surface area contributed by atoms with E-state index in [2.05, 4.69) is 0 Å². The lowest BCUT2D eigenvalue weighted by molar-refractivity contribution is 0.712. The zero-order valence-electron chi connectivity index (χ0n) is 3.54. The van der Waals surface area contributed by atoms with Crippen LogP contribution in [0.5, 0.6) is 0 Å². The molecule has 0 bridgehead atoms. The Bertz CT molecular complexity index is 58.6. The van der Waals surface area contributed by atoms with E-state index in [1.807, 2.05) is 0 Å². The van der Waals surface area contributed by atoms with Gasteiger partial charge in [0.25, 0.3) is 0 Å². The zero-order valence-corrected chi connectivity index (χ0v) is 4.30. The summed E-state index contributed by atoms with van der Waals surface area (Å²) < 4.78 is 11.1. The summed E-state index contributed by atoms with van der Waals surface area (Å²) in [5.41, 5.74) is 0. The van der Waals surface area contributed by atoms with Gasteiger partial charge in [-0.3, -0.25) is 0 Å². The molecule has 0 saturated heterocycles. The average molecular weight is 109 g/mol. The molecule has 0 aromatic heterocycles. The van der Waals surface area contributed by atoms with Gasteiger partial charge in [0.1, 0.15) is 6.33 Å². The van der Waals surface area contributed by atoms with Crippen LogP contribution in [-0.2, 0) is 0 Å². The second-order valence-corrected chi connectivity index (χ2v) is 1.40. The van der Waals surface area contributed by atoms with E-state index < -0.39 is 0 Å². The molecular weight excluding hydrogens is 102 g/mol. The van der Waals surface area contributed by atoms with Crippen LogP contribution >= 0.6 is 11.6 Å². The topological polar surface area (TPSA) is 0 Å². The summed E-state index contributed by atoms with van der Waals surface area (Å²) in [4.78, 5) is 0. The molecule has 6 heavy (non-hydrogen) atoms. The molecular formula is C4H6ClF. The molecule has 0 aliphatic rings. The number of allylic oxidation sites excluding steroid dienone is 1. The van der Waals surface area contributed by atoms with Crippen molar-refractivity contribution in [2.45, 2.75) is 13.3 Å². The molecule has 0 N–H and O–H groups in total. The van der Waals surface area contributed by atoms with Gasteiger partial charge in [0.05, 0.1) is 0 Å². The van der Waals surface area contributed by atoms with Gasteiger partial charge in [-0.15, -0.1) is 0 Å². The quantitative estimate of drug-likeness (QED) is 0.484. The molecule has 0 aliphatic heterocycles. The summed E-state index contributed by atoms with van der Waals surface area (Å²) in [6.45, 7) is 1.79. The van der Waals surface area contributed by atoms with Crippen LogP contribution in [0.15, 0.2) is 11.4 Å². The Labute approximate surface area is 41.6 Å². The number of hydrogen-bond donors (Lipinski definition) is 0. The van der Waals surface area contributed by atoms with E-state index in [0.717, 1.165) is 0 Å². The Kier molecular flexibility index (Phi) is 3.14. The largest absolute Gasteiger partial charge is 0.214 e. The number of hydrogen-bond acceptors (Lipinski definition) is 0. The Morgan fingerprint density at radius 3 is 2.50 bits per heavy atom. The fraction of sp³-hybridized carbons (Fsp3) is 0.500. The van der Waals surface area contributed by atoms with Crippen LogP contribution in [-0.4, -0.2) is 0 Å². The molecule has 36 valence electrons. The van der Waals surface area contributed by atoms with Gasteiger partial charge < -0.3 is 0 Å². The van der Waals surface area contributed by atoms with Crippen LogP contribution in [0.2, 0.25) is 0 Å². The first kappa shape index (κ1) is 5.96. The van der Waals surface area contributed by atoms with E-state index in [1.165, 1.54) is 0 Å². The van der Waals surface area contributed by atoms with E-state index in [4.69, 9.17) is 11.6 Å². The second-order valence-electron chi connectivity index (χ2n) is 0.910.